The van der Waals surface area contributed by atoms with Crippen LogP contribution in [0.2, 0.25) is 0 Å². The Morgan fingerprint density at radius 1 is 1.19 bits per heavy atom. The molecular formula is C17H23FN4O2S2. The Bertz CT molecular complexity index is 879. The van der Waals surface area contributed by atoms with E-state index in [4.69, 9.17) is 0 Å². The van der Waals surface area contributed by atoms with E-state index in [0.29, 0.717) is 18.1 Å². The summed E-state index contributed by atoms with van der Waals surface area (Å²) in [5, 5.41) is 6.09. The van der Waals surface area contributed by atoms with Gasteiger partial charge in [-0.2, -0.15) is 0 Å². The molecular weight excluding hydrogens is 375 g/mol. The van der Waals surface area contributed by atoms with Gasteiger partial charge in [-0.15, -0.1) is 11.3 Å². The number of hydrogen-bond donors (Lipinski definition) is 3. The second-order valence-corrected chi connectivity index (χ2v) is 8.96. The molecule has 0 saturated heterocycles. The molecule has 0 spiro atoms. The van der Waals surface area contributed by atoms with Gasteiger partial charge in [0.05, 0.1) is 18.0 Å². The number of rotatable bonds is 7. The van der Waals surface area contributed by atoms with Crippen molar-refractivity contribution in [3.05, 3.63) is 51.5 Å². The molecule has 1 aromatic carbocycles. The number of thiophene rings is 1. The molecule has 0 aliphatic rings. The Kier molecular flexibility index (Phi) is 6.98. The largest absolute Gasteiger partial charge is 0.355 e. The van der Waals surface area contributed by atoms with Gasteiger partial charge in [-0.3, -0.25) is 9.71 Å². The lowest BCUT2D eigenvalue weighted by Crippen LogP contribution is -2.39. The zero-order valence-corrected chi connectivity index (χ0v) is 16.6. The minimum atomic E-state index is -3.59. The zero-order valence-electron chi connectivity index (χ0n) is 15.0. The van der Waals surface area contributed by atoms with Crippen molar-refractivity contribution in [1.29, 1.82) is 0 Å². The molecule has 0 aliphatic heterocycles. The first kappa shape index (κ1) is 20.2. The summed E-state index contributed by atoms with van der Waals surface area (Å²) in [6.07, 6.45) is 0. The highest BCUT2D eigenvalue weighted by Gasteiger charge is 2.12. The molecule has 0 bridgehead atoms. The van der Waals surface area contributed by atoms with Crippen molar-refractivity contribution in [3.8, 4) is 0 Å². The van der Waals surface area contributed by atoms with Crippen LogP contribution in [0.1, 0.15) is 15.3 Å². The normalized spacial score (nSPS) is 12.1. The average molecular weight is 399 g/mol. The van der Waals surface area contributed by atoms with Crippen molar-refractivity contribution in [2.45, 2.75) is 20.4 Å². The van der Waals surface area contributed by atoms with Gasteiger partial charge in [0.15, 0.2) is 5.96 Å². The molecule has 26 heavy (non-hydrogen) atoms. The first-order valence-electron chi connectivity index (χ1n) is 8.05. The monoisotopic (exact) mass is 398 g/mol. The van der Waals surface area contributed by atoms with Gasteiger partial charge in [0.25, 0.3) is 0 Å². The Morgan fingerprint density at radius 3 is 2.58 bits per heavy atom. The van der Waals surface area contributed by atoms with Crippen LogP contribution in [-0.2, 0) is 16.6 Å². The van der Waals surface area contributed by atoms with Crippen molar-refractivity contribution < 1.29 is 12.8 Å². The third-order valence-corrected chi connectivity index (χ3v) is 5.85. The SMILES string of the molecule is CN=C(NCCS(=O)(=O)Nc1ccc(C)c(F)c1)NCc1ccc(C)s1. The average Bonchev–Trinajstić information content (AvgIpc) is 2.99. The molecule has 1 aromatic heterocycles. The maximum atomic E-state index is 13.5. The smallest absolute Gasteiger partial charge is 0.234 e. The molecule has 142 valence electrons. The van der Waals surface area contributed by atoms with Crippen LogP contribution < -0.4 is 15.4 Å². The minimum Gasteiger partial charge on any atom is -0.355 e. The zero-order chi connectivity index (χ0) is 19.2. The summed E-state index contributed by atoms with van der Waals surface area (Å²) >= 11 is 1.69. The van der Waals surface area contributed by atoms with Crippen LogP contribution in [0, 0.1) is 19.7 Å². The number of anilines is 1. The van der Waals surface area contributed by atoms with Crippen LogP contribution >= 0.6 is 11.3 Å². The topological polar surface area (TPSA) is 82.6 Å². The van der Waals surface area contributed by atoms with E-state index in [1.807, 2.05) is 19.1 Å². The van der Waals surface area contributed by atoms with Crippen molar-refractivity contribution in [2.75, 3.05) is 24.1 Å². The van der Waals surface area contributed by atoms with E-state index in [1.54, 1.807) is 25.3 Å². The highest BCUT2D eigenvalue weighted by molar-refractivity contribution is 7.92. The Hall–Kier alpha value is -2.13. The molecule has 3 N–H and O–H groups in total. The van der Waals surface area contributed by atoms with Gasteiger partial charge in [0, 0.05) is 23.3 Å². The van der Waals surface area contributed by atoms with Crippen LogP contribution in [0.5, 0.6) is 0 Å². The second kappa shape index (κ2) is 9.00. The highest BCUT2D eigenvalue weighted by atomic mass is 32.2. The van der Waals surface area contributed by atoms with Gasteiger partial charge in [0.1, 0.15) is 5.82 Å². The van der Waals surface area contributed by atoms with Gasteiger partial charge < -0.3 is 10.6 Å². The lowest BCUT2D eigenvalue weighted by Gasteiger charge is -2.12. The Morgan fingerprint density at radius 2 is 1.96 bits per heavy atom. The fraction of sp³-hybridized carbons (Fsp3) is 0.353. The van der Waals surface area contributed by atoms with Crippen LogP contribution in [0.4, 0.5) is 10.1 Å². The van der Waals surface area contributed by atoms with Crippen molar-refractivity contribution >= 4 is 33.0 Å². The van der Waals surface area contributed by atoms with Gasteiger partial charge >= 0.3 is 0 Å². The third-order valence-electron chi connectivity index (χ3n) is 3.56. The molecule has 0 unspecified atom stereocenters. The van der Waals surface area contributed by atoms with E-state index in [-0.39, 0.29) is 18.0 Å². The van der Waals surface area contributed by atoms with Gasteiger partial charge in [0.2, 0.25) is 10.0 Å². The fourth-order valence-electron chi connectivity index (χ4n) is 2.16. The molecule has 0 fully saturated rings. The van der Waals surface area contributed by atoms with Crippen molar-refractivity contribution in [3.63, 3.8) is 0 Å². The summed E-state index contributed by atoms with van der Waals surface area (Å²) in [6.45, 7) is 4.45. The number of guanidine groups is 1. The quantitative estimate of drug-likeness (QED) is 0.495. The number of sulfonamides is 1. The van der Waals surface area contributed by atoms with Gasteiger partial charge in [-0.25, -0.2) is 12.8 Å². The molecule has 1 heterocycles. The molecule has 0 amide bonds. The number of nitrogens with one attached hydrogen (secondary N) is 3. The lowest BCUT2D eigenvalue weighted by molar-refractivity contribution is 0.599. The number of hydrogen-bond acceptors (Lipinski definition) is 4. The minimum absolute atomic E-state index is 0.165. The fourth-order valence-corrected chi connectivity index (χ4v) is 3.95. The third kappa shape index (κ3) is 6.30. The maximum Gasteiger partial charge on any atom is 0.234 e. The maximum absolute atomic E-state index is 13.5. The van der Waals surface area contributed by atoms with Crippen LogP contribution in [0.3, 0.4) is 0 Å². The Labute approximate surface area is 157 Å². The molecule has 0 radical (unpaired) electrons. The first-order chi connectivity index (χ1) is 12.3. The molecule has 0 atom stereocenters. The summed E-state index contributed by atoms with van der Waals surface area (Å²) < 4.78 is 40.1. The van der Waals surface area contributed by atoms with Crippen molar-refractivity contribution in [2.24, 2.45) is 4.99 Å². The summed E-state index contributed by atoms with van der Waals surface area (Å²) in [4.78, 5) is 6.47. The summed E-state index contributed by atoms with van der Waals surface area (Å²) in [7, 11) is -1.97. The Balaban J connectivity index is 1.81. The number of halogens is 1. The molecule has 0 aliphatic carbocycles. The van der Waals surface area contributed by atoms with Gasteiger partial charge in [-0.1, -0.05) is 6.07 Å². The summed E-state index contributed by atoms with van der Waals surface area (Å²) in [6, 6.07) is 8.32. The van der Waals surface area contributed by atoms with E-state index in [9.17, 15) is 12.8 Å². The van der Waals surface area contributed by atoms with E-state index in [2.05, 4.69) is 20.3 Å². The second-order valence-electron chi connectivity index (χ2n) is 5.75. The van der Waals surface area contributed by atoms with E-state index < -0.39 is 15.8 Å². The first-order valence-corrected chi connectivity index (χ1v) is 10.5. The van der Waals surface area contributed by atoms with E-state index >= 15 is 0 Å². The highest BCUT2D eigenvalue weighted by Crippen LogP contribution is 2.15. The predicted molar refractivity (Wildman–Crippen MR) is 106 cm³/mol. The standard InChI is InChI=1S/C17H23FN4O2S2/c1-12-4-6-14(10-16(12)18)22-26(23,24)9-8-20-17(19-3)21-11-15-7-5-13(2)25-15/h4-7,10,22H,8-9,11H2,1-3H3,(H2,19,20,21). The molecule has 0 saturated carbocycles. The van der Waals surface area contributed by atoms with Gasteiger partial charge in [-0.05, 0) is 43.7 Å². The predicted octanol–water partition coefficient (Wildman–Crippen LogP) is 2.61. The van der Waals surface area contributed by atoms with Crippen LogP contribution in [0.25, 0.3) is 0 Å². The number of benzene rings is 1. The number of nitrogens with zero attached hydrogens (tertiary/aromatic N) is 1. The molecule has 6 nitrogen and oxygen atoms in total. The van der Waals surface area contributed by atoms with Crippen LogP contribution in [0.15, 0.2) is 35.3 Å². The number of aryl methyl sites for hydroxylation is 2. The van der Waals surface area contributed by atoms with Crippen LogP contribution in [-0.4, -0.2) is 33.7 Å². The lowest BCUT2D eigenvalue weighted by atomic mass is 10.2. The van der Waals surface area contributed by atoms with E-state index in [1.165, 1.54) is 28.0 Å². The number of aliphatic imine (C=N–C) groups is 1. The summed E-state index contributed by atoms with van der Waals surface area (Å²) in [5.41, 5.74) is 0.675. The molecule has 2 aromatic rings. The van der Waals surface area contributed by atoms with E-state index in [0.717, 1.165) is 0 Å². The molecule has 2 rings (SSSR count). The molecule has 9 heteroatoms. The van der Waals surface area contributed by atoms with Crippen molar-refractivity contribution in [1.82, 2.24) is 10.6 Å². The summed E-state index contributed by atoms with van der Waals surface area (Å²) in [5.74, 6) is -0.0919.